The molecule has 8 aromatic carbocycles. The molecule has 6 nitrogen and oxygen atoms in total. The third kappa shape index (κ3) is 5.23. The van der Waals surface area contributed by atoms with Gasteiger partial charge in [-0.2, -0.15) is 0 Å². The molecule has 0 spiro atoms. The Kier molecular flexibility index (Phi) is 7.07. The zero-order chi connectivity index (χ0) is 36.3. The summed E-state index contributed by atoms with van der Waals surface area (Å²) in [7, 11) is 0. The molecule has 0 saturated heterocycles. The molecular weight excluding hydrogens is 679 g/mol. The Balaban J connectivity index is 1.19. The molecule has 0 saturated carbocycles. The van der Waals surface area contributed by atoms with Crippen LogP contribution in [0.2, 0.25) is 0 Å². The number of hydrogen-bond acceptors (Lipinski definition) is 6. The molecule has 11 rings (SSSR count). The van der Waals surface area contributed by atoms with Crippen molar-refractivity contribution in [3.63, 3.8) is 0 Å². The van der Waals surface area contributed by atoms with Crippen molar-refractivity contribution in [1.29, 1.82) is 0 Å². The van der Waals surface area contributed by atoms with Crippen LogP contribution in [0.15, 0.2) is 201 Å². The van der Waals surface area contributed by atoms with Gasteiger partial charge in [0.05, 0.1) is 11.4 Å². The molecule has 0 aliphatic rings. The first kappa shape index (κ1) is 31.0. The van der Waals surface area contributed by atoms with Crippen molar-refractivity contribution in [2.45, 2.75) is 0 Å². The van der Waals surface area contributed by atoms with Gasteiger partial charge >= 0.3 is 0 Å². The largest absolute Gasteiger partial charge is 0.456 e. The van der Waals surface area contributed by atoms with E-state index in [9.17, 15) is 0 Å². The van der Waals surface area contributed by atoms with E-state index in [-0.39, 0.29) is 0 Å². The lowest BCUT2D eigenvalue weighted by Crippen LogP contribution is -2.13. The van der Waals surface area contributed by atoms with Crippen LogP contribution in [-0.2, 0) is 0 Å². The first-order valence-electron chi connectivity index (χ1n) is 18.3. The van der Waals surface area contributed by atoms with Crippen molar-refractivity contribution >= 4 is 89.1 Å². The first-order chi connectivity index (χ1) is 27.2. The molecule has 11 aromatic rings. The highest BCUT2D eigenvalue weighted by molar-refractivity contribution is 6.08. The van der Waals surface area contributed by atoms with E-state index in [1.165, 1.54) is 0 Å². The highest BCUT2D eigenvalue weighted by Crippen LogP contribution is 2.47. The zero-order valence-corrected chi connectivity index (χ0v) is 29.5. The van der Waals surface area contributed by atoms with Gasteiger partial charge < -0.3 is 23.1 Å². The summed E-state index contributed by atoms with van der Waals surface area (Å²) in [5.74, 6) is 0.549. The zero-order valence-electron chi connectivity index (χ0n) is 29.5. The predicted octanol–water partition coefficient (Wildman–Crippen LogP) is 14.2. The number of para-hydroxylation sites is 4. The number of furan rings is 2. The molecule has 3 heterocycles. The molecule has 0 radical (unpaired) electrons. The lowest BCUT2D eigenvalue weighted by Gasteiger charge is -2.29. The molecule has 0 aliphatic carbocycles. The summed E-state index contributed by atoms with van der Waals surface area (Å²) >= 11 is 0. The number of aromatic nitrogens is 1. The van der Waals surface area contributed by atoms with Gasteiger partial charge in [-0.25, -0.2) is 4.98 Å². The number of hydrogen-bond donors (Lipinski definition) is 0. The van der Waals surface area contributed by atoms with Crippen LogP contribution in [0, 0.1) is 0 Å². The monoisotopic (exact) mass is 709 g/mol. The van der Waals surface area contributed by atoms with Crippen LogP contribution in [0.4, 0.5) is 34.1 Å². The second-order valence-electron chi connectivity index (χ2n) is 13.6. The van der Waals surface area contributed by atoms with E-state index < -0.39 is 0 Å². The molecule has 55 heavy (non-hydrogen) atoms. The Labute approximate surface area is 315 Å². The molecule has 0 bridgehead atoms. The Morgan fingerprint density at radius 1 is 0.327 bits per heavy atom. The Bertz CT molecular complexity index is 3170. The van der Waals surface area contributed by atoms with Gasteiger partial charge in [0.2, 0.25) is 5.89 Å². The third-order valence-corrected chi connectivity index (χ3v) is 10.2. The van der Waals surface area contributed by atoms with Crippen LogP contribution < -0.4 is 9.80 Å². The van der Waals surface area contributed by atoms with E-state index >= 15 is 0 Å². The number of oxazole rings is 1. The van der Waals surface area contributed by atoms with Crippen LogP contribution in [0.5, 0.6) is 0 Å². The van der Waals surface area contributed by atoms with Crippen molar-refractivity contribution in [1.82, 2.24) is 4.98 Å². The fourth-order valence-electron chi connectivity index (χ4n) is 7.74. The number of rotatable bonds is 7. The maximum atomic E-state index is 6.71. The summed E-state index contributed by atoms with van der Waals surface area (Å²) in [5, 5.41) is 4.27. The van der Waals surface area contributed by atoms with E-state index in [1.54, 1.807) is 0 Å². The Hall–Kier alpha value is -7.57. The minimum atomic E-state index is 0.549. The molecule has 3 aromatic heterocycles. The number of fused-ring (bicyclic) bond motifs is 7. The Morgan fingerprint density at radius 3 is 1.58 bits per heavy atom. The average Bonchev–Trinajstić information content (AvgIpc) is 3.96. The standard InChI is InChI=1S/C49H31N3O3/c1-4-14-32(15-5-1)49-50-48-42(52(34-18-8-3-9-19-34)35-25-27-45-41(28-35)39-21-11-13-23-44(39)53-45)29-37(31-47(48)55-49)51(33-16-6-2-7-17-33)36-24-26-40-38-20-10-12-22-43(38)54-46(40)30-36/h1-31H. The second-order valence-corrected chi connectivity index (χ2v) is 13.6. The number of anilines is 6. The minimum Gasteiger partial charge on any atom is -0.456 e. The number of nitrogens with zero attached hydrogens (tertiary/aromatic N) is 3. The summed E-state index contributed by atoms with van der Waals surface area (Å²) < 4.78 is 19.4. The SMILES string of the molecule is c1ccc(-c2nc3c(N(c4ccccc4)c4ccc5oc6ccccc6c5c4)cc(N(c4ccccc4)c4ccc5c(c4)oc4ccccc45)cc3o2)cc1. The van der Waals surface area contributed by atoms with Crippen LogP contribution in [-0.4, -0.2) is 4.98 Å². The van der Waals surface area contributed by atoms with Gasteiger partial charge in [0.25, 0.3) is 0 Å². The van der Waals surface area contributed by atoms with E-state index in [2.05, 4.69) is 119 Å². The van der Waals surface area contributed by atoms with Crippen molar-refractivity contribution in [3.8, 4) is 11.5 Å². The summed E-state index contributed by atoms with van der Waals surface area (Å²) in [5.41, 5.74) is 11.3. The molecule has 0 atom stereocenters. The van der Waals surface area contributed by atoms with Gasteiger partial charge in [0, 0.05) is 62.0 Å². The molecular formula is C49H31N3O3. The normalized spacial score (nSPS) is 11.6. The summed E-state index contributed by atoms with van der Waals surface area (Å²) in [6.45, 7) is 0. The smallest absolute Gasteiger partial charge is 0.227 e. The van der Waals surface area contributed by atoms with Crippen molar-refractivity contribution in [3.05, 3.63) is 188 Å². The van der Waals surface area contributed by atoms with E-state index in [0.29, 0.717) is 11.5 Å². The lowest BCUT2D eigenvalue weighted by atomic mass is 10.1. The van der Waals surface area contributed by atoms with Gasteiger partial charge in [-0.3, -0.25) is 0 Å². The highest BCUT2D eigenvalue weighted by atomic mass is 16.3. The average molecular weight is 710 g/mol. The molecule has 0 unspecified atom stereocenters. The van der Waals surface area contributed by atoms with Crippen LogP contribution in [0.3, 0.4) is 0 Å². The summed E-state index contributed by atoms with van der Waals surface area (Å²) in [6, 6.07) is 64.3. The first-order valence-corrected chi connectivity index (χ1v) is 18.3. The maximum absolute atomic E-state index is 6.71. The molecule has 0 fully saturated rings. The predicted molar refractivity (Wildman–Crippen MR) is 223 cm³/mol. The van der Waals surface area contributed by atoms with E-state index in [1.807, 2.05) is 78.9 Å². The third-order valence-electron chi connectivity index (χ3n) is 10.2. The van der Waals surface area contributed by atoms with Crippen molar-refractivity contribution < 1.29 is 13.3 Å². The van der Waals surface area contributed by atoms with Crippen molar-refractivity contribution in [2.75, 3.05) is 9.80 Å². The number of benzene rings is 8. The molecule has 0 amide bonds. The van der Waals surface area contributed by atoms with E-state index in [0.717, 1.165) is 89.1 Å². The van der Waals surface area contributed by atoms with Gasteiger partial charge in [0.15, 0.2) is 5.58 Å². The van der Waals surface area contributed by atoms with Crippen LogP contribution in [0.25, 0.3) is 66.4 Å². The highest BCUT2D eigenvalue weighted by Gasteiger charge is 2.25. The summed E-state index contributed by atoms with van der Waals surface area (Å²) in [6.07, 6.45) is 0. The maximum Gasteiger partial charge on any atom is 0.227 e. The molecule has 0 N–H and O–H groups in total. The van der Waals surface area contributed by atoms with Gasteiger partial charge in [-0.15, -0.1) is 0 Å². The molecule has 0 aliphatic heterocycles. The van der Waals surface area contributed by atoms with Crippen LogP contribution in [0.1, 0.15) is 0 Å². The molecule has 6 heteroatoms. The fourth-order valence-corrected chi connectivity index (χ4v) is 7.74. The van der Waals surface area contributed by atoms with Gasteiger partial charge in [-0.1, -0.05) is 91.0 Å². The van der Waals surface area contributed by atoms with E-state index in [4.69, 9.17) is 18.2 Å². The quantitative estimate of drug-likeness (QED) is 0.164. The topological polar surface area (TPSA) is 58.8 Å². The second kappa shape index (κ2) is 12.5. The fraction of sp³-hybridized carbons (Fsp3) is 0. The van der Waals surface area contributed by atoms with Crippen LogP contribution >= 0.6 is 0 Å². The lowest BCUT2D eigenvalue weighted by molar-refractivity contribution is 0.620. The van der Waals surface area contributed by atoms with Crippen molar-refractivity contribution in [2.24, 2.45) is 0 Å². The van der Waals surface area contributed by atoms with Gasteiger partial charge in [0.1, 0.15) is 27.8 Å². The Morgan fingerprint density at radius 2 is 0.855 bits per heavy atom. The minimum absolute atomic E-state index is 0.549. The molecule has 260 valence electrons. The summed E-state index contributed by atoms with van der Waals surface area (Å²) in [4.78, 5) is 9.71. The van der Waals surface area contributed by atoms with Gasteiger partial charge in [-0.05, 0) is 84.9 Å².